The number of hydrogen-bond acceptors (Lipinski definition) is 2. The number of hydrogen-bond donors (Lipinski definition) is 1. The smallest absolute Gasteiger partial charge is 0.0830 e. The largest absolute Gasteiger partial charge is 0.411 e. The molecule has 0 bridgehead atoms. The molecule has 0 atom stereocenters. The van der Waals surface area contributed by atoms with Crippen molar-refractivity contribution in [1.82, 2.24) is 9.94 Å². The van der Waals surface area contributed by atoms with E-state index in [2.05, 4.69) is 5.10 Å². The van der Waals surface area contributed by atoms with Crippen molar-refractivity contribution >= 4 is 0 Å². The molecule has 3 nitrogen and oxygen atoms in total. The van der Waals surface area contributed by atoms with Gasteiger partial charge in [-0.15, -0.1) is 9.94 Å². The van der Waals surface area contributed by atoms with Gasteiger partial charge in [-0.3, -0.25) is 0 Å². The second kappa shape index (κ2) is 2.01. The van der Waals surface area contributed by atoms with E-state index < -0.39 is 0 Å². The van der Waals surface area contributed by atoms with Crippen molar-refractivity contribution in [3.63, 3.8) is 0 Å². The van der Waals surface area contributed by atoms with Crippen LogP contribution in [0, 0.1) is 0 Å². The van der Waals surface area contributed by atoms with Gasteiger partial charge in [-0.1, -0.05) is 0 Å². The molecule has 1 aliphatic carbocycles. The lowest BCUT2D eigenvalue weighted by Gasteiger charge is -2.09. The number of nitrogens with zero attached hydrogens (tertiary/aromatic N) is 2. The molecule has 1 N–H and O–H groups in total. The van der Waals surface area contributed by atoms with Crippen LogP contribution in [0.2, 0.25) is 0 Å². The first-order chi connectivity index (χ1) is 4.88. The zero-order chi connectivity index (χ0) is 6.97. The molecule has 1 heterocycles. The van der Waals surface area contributed by atoms with Gasteiger partial charge < -0.3 is 5.21 Å². The van der Waals surface area contributed by atoms with Gasteiger partial charge in [-0.05, 0) is 31.2 Å². The Morgan fingerprint density at radius 2 is 2.20 bits per heavy atom. The Kier molecular flexibility index (Phi) is 1.16. The fourth-order valence-electron chi connectivity index (χ4n) is 1.47. The molecule has 1 aliphatic rings. The van der Waals surface area contributed by atoms with Gasteiger partial charge in [0.1, 0.15) is 0 Å². The summed E-state index contributed by atoms with van der Waals surface area (Å²) >= 11 is 0. The number of aryl methyl sites for hydroxylation is 1. The lowest BCUT2D eigenvalue weighted by Crippen LogP contribution is -2.06. The summed E-state index contributed by atoms with van der Waals surface area (Å²) in [5, 5.41) is 12.9. The minimum Gasteiger partial charge on any atom is -0.411 e. The van der Waals surface area contributed by atoms with Crippen molar-refractivity contribution in [2.45, 2.75) is 25.7 Å². The van der Waals surface area contributed by atoms with Crippen LogP contribution in [-0.2, 0) is 12.8 Å². The predicted octanol–water partition coefficient (Wildman–Crippen LogP) is 0.999. The van der Waals surface area contributed by atoms with Gasteiger partial charge in [-0.2, -0.15) is 0 Å². The van der Waals surface area contributed by atoms with Crippen molar-refractivity contribution in [3.05, 3.63) is 17.5 Å². The molecule has 2 rings (SSSR count). The van der Waals surface area contributed by atoms with Crippen molar-refractivity contribution in [3.8, 4) is 0 Å². The van der Waals surface area contributed by atoms with Gasteiger partial charge in [0, 0.05) is 0 Å². The van der Waals surface area contributed by atoms with E-state index in [9.17, 15) is 0 Å². The molecule has 0 aromatic carbocycles. The lowest BCUT2D eigenvalue weighted by atomic mass is 9.99. The Morgan fingerprint density at radius 1 is 1.40 bits per heavy atom. The summed E-state index contributed by atoms with van der Waals surface area (Å²) in [5.74, 6) is 0. The standard InChI is InChI=1S/C7H10N2O/c10-9-7-4-2-1-3-6(7)5-8-9/h5,10H,1-4H2. The Morgan fingerprint density at radius 3 is 3.00 bits per heavy atom. The normalized spacial score (nSPS) is 16.8. The number of aromatic nitrogens is 2. The first kappa shape index (κ1) is 5.77. The third kappa shape index (κ3) is 0.701. The summed E-state index contributed by atoms with van der Waals surface area (Å²) < 4.78 is 0. The average molecular weight is 138 g/mol. The summed E-state index contributed by atoms with van der Waals surface area (Å²) in [7, 11) is 0. The van der Waals surface area contributed by atoms with Crippen LogP contribution in [0.3, 0.4) is 0 Å². The van der Waals surface area contributed by atoms with Gasteiger partial charge in [0.05, 0.1) is 11.9 Å². The Hall–Kier alpha value is -0.990. The molecule has 0 fully saturated rings. The van der Waals surface area contributed by atoms with Crippen LogP contribution in [-0.4, -0.2) is 15.2 Å². The predicted molar refractivity (Wildman–Crippen MR) is 36.1 cm³/mol. The highest BCUT2D eigenvalue weighted by Crippen LogP contribution is 2.19. The molecule has 0 saturated carbocycles. The summed E-state index contributed by atoms with van der Waals surface area (Å²) in [6.07, 6.45) is 6.23. The minimum atomic E-state index is 0.978. The highest BCUT2D eigenvalue weighted by atomic mass is 16.5. The van der Waals surface area contributed by atoms with Gasteiger partial charge in [0.25, 0.3) is 0 Å². The molecular formula is C7H10N2O. The van der Waals surface area contributed by atoms with Crippen LogP contribution < -0.4 is 0 Å². The second-order valence-corrected chi connectivity index (χ2v) is 2.71. The summed E-state index contributed by atoms with van der Waals surface area (Å²) in [6.45, 7) is 0. The Bertz CT molecular complexity index is 242. The van der Waals surface area contributed by atoms with Gasteiger partial charge in [-0.25, -0.2) is 0 Å². The van der Waals surface area contributed by atoms with Crippen LogP contribution in [0.1, 0.15) is 24.1 Å². The van der Waals surface area contributed by atoms with Crippen LogP contribution in [0.4, 0.5) is 0 Å². The summed E-state index contributed by atoms with van der Waals surface area (Å²) in [4.78, 5) is 1.01. The molecule has 1 aromatic rings. The first-order valence-corrected chi connectivity index (χ1v) is 3.63. The maximum atomic E-state index is 9.10. The maximum absolute atomic E-state index is 9.10. The lowest BCUT2D eigenvalue weighted by molar-refractivity contribution is 0.138. The van der Waals surface area contributed by atoms with E-state index in [0.29, 0.717) is 0 Å². The molecular weight excluding hydrogens is 128 g/mol. The molecule has 54 valence electrons. The molecule has 10 heavy (non-hydrogen) atoms. The van der Waals surface area contributed by atoms with E-state index in [0.717, 1.165) is 23.4 Å². The summed E-state index contributed by atoms with van der Waals surface area (Å²) in [6, 6.07) is 0. The fourth-order valence-corrected chi connectivity index (χ4v) is 1.47. The Balaban J connectivity index is 2.45. The van der Waals surface area contributed by atoms with Gasteiger partial charge in [0.2, 0.25) is 0 Å². The SMILES string of the molecule is On1ncc2c1CCCC2. The van der Waals surface area contributed by atoms with E-state index in [1.807, 2.05) is 0 Å². The van der Waals surface area contributed by atoms with Crippen molar-refractivity contribution in [2.75, 3.05) is 0 Å². The molecule has 0 aliphatic heterocycles. The maximum Gasteiger partial charge on any atom is 0.0830 e. The van der Waals surface area contributed by atoms with Crippen LogP contribution >= 0.6 is 0 Å². The van der Waals surface area contributed by atoms with Gasteiger partial charge in [0.15, 0.2) is 0 Å². The highest BCUT2D eigenvalue weighted by molar-refractivity contribution is 5.19. The third-order valence-electron chi connectivity index (χ3n) is 2.04. The van der Waals surface area contributed by atoms with E-state index in [1.165, 1.54) is 18.4 Å². The van der Waals surface area contributed by atoms with Gasteiger partial charge >= 0.3 is 0 Å². The van der Waals surface area contributed by atoms with E-state index in [-0.39, 0.29) is 0 Å². The summed E-state index contributed by atoms with van der Waals surface area (Å²) in [5.41, 5.74) is 2.22. The van der Waals surface area contributed by atoms with Crippen LogP contribution in [0.5, 0.6) is 0 Å². The van der Waals surface area contributed by atoms with Crippen molar-refractivity contribution in [2.24, 2.45) is 0 Å². The van der Waals surface area contributed by atoms with E-state index >= 15 is 0 Å². The molecule has 0 spiro atoms. The molecule has 1 aromatic heterocycles. The average Bonchev–Trinajstić information content (AvgIpc) is 2.34. The molecule has 0 amide bonds. The van der Waals surface area contributed by atoms with Crippen LogP contribution in [0.15, 0.2) is 6.20 Å². The fraction of sp³-hybridized carbons (Fsp3) is 0.571. The third-order valence-corrected chi connectivity index (χ3v) is 2.04. The minimum absolute atomic E-state index is 0.978. The van der Waals surface area contributed by atoms with E-state index in [1.54, 1.807) is 6.20 Å². The molecule has 0 unspecified atom stereocenters. The zero-order valence-electron chi connectivity index (χ0n) is 5.75. The monoisotopic (exact) mass is 138 g/mol. The molecule has 3 heteroatoms. The number of rotatable bonds is 0. The number of fused-ring (bicyclic) bond motifs is 1. The first-order valence-electron chi connectivity index (χ1n) is 3.63. The van der Waals surface area contributed by atoms with Crippen molar-refractivity contribution in [1.29, 1.82) is 0 Å². The highest BCUT2D eigenvalue weighted by Gasteiger charge is 2.13. The van der Waals surface area contributed by atoms with Crippen LogP contribution in [0.25, 0.3) is 0 Å². The molecule has 0 radical (unpaired) electrons. The van der Waals surface area contributed by atoms with Crippen molar-refractivity contribution < 1.29 is 5.21 Å². The Labute approximate surface area is 59.2 Å². The quantitative estimate of drug-likeness (QED) is 0.543. The van der Waals surface area contributed by atoms with E-state index in [4.69, 9.17) is 5.21 Å². The molecule has 0 saturated heterocycles. The topological polar surface area (TPSA) is 38.0 Å². The zero-order valence-corrected chi connectivity index (χ0v) is 5.75. The second-order valence-electron chi connectivity index (χ2n) is 2.71.